The lowest BCUT2D eigenvalue weighted by atomic mass is 10.2. The molecule has 0 saturated heterocycles. The van der Waals surface area contributed by atoms with Gasteiger partial charge in [0.25, 0.3) is 5.91 Å². The van der Waals surface area contributed by atoms with E-state index in [1.54, 1.807) is 6.21 Å². The highest BCUT2D eigenvalue weighted by Gasteiger charge is 2.06. The van der Waals surface area contributed by atoms with Crippen LogP contribution in [0, 0.1) is 13.8 Å². The summed E-state index contributed by atoms with van der Waals surface area (Å²) in [6.07, 6.45) is 1.56. The van der Waals surface area contributed by atoms with Crippen LogP contribution in [-0.4, -0.2) is 27.8 Å². The van der Waals surface area contributed by atoms with E-state index >= 15 is 0 Å². The van der Waals surface area contributed by atoms with Crippen molar-refractivity contribution in [1.29, 1.82) is 0 Å². The topological polar surface area (TPSA) is 76.5 Å². The number of para-hydroxylation sites is 1. The number of nitrogens with one attached hydrogen (secondary N) is 1. The van der Waals surface area contributed by atoms with E-state index in [0.29, 0.717) is 22.5 Å². The van der Waals surface area contributed by atoms with Crippen LogP contribution in [0.3, 0.4) is 0 Å². The molecule has 3 rings (SSSR count). The van der Waals surface area contributed by atoms with Crippen LogP contribution < -0.4 is 10.2 Å². The Labute approximate surface area is 184 Å². The molecule has 0 radical (unpaired) electrons. The first kappa shape index (κ1) is 21.8. The monoisotopic (exact) mass is 440 g/mol. The number of thioether (sulfide) groups is 1. The van der Waals surface area contributed by atoms with Gasteiger partial charge in [-0.25, -0.2) is 15.4 Å². The lowest BCUT2D eigenvalue weighted by Crippen LogP contribution is -2.20. The zero-order chi connectivity index (χ0) is 21.3. The highest BCUT2D eigenvalue weighted by molar-refractivity contribution is 7.99. The van der Waals surface area contributed by atoms with Crippen LogP contribution >= 0.6 is 23.4 Å². The number of carbonyl (C=O) groups is 1. The predicted molar refractivity (Wildman–Crippen MR) is 120 cm³/mol. The van der Waals surface area contributed by atoms with Gasteiger partial charge in [0.2, 0.25) is 0 Å². The minimum absolute atomic E-state index is 0.176. The molecule has 0 unspecified atom stereocenters. The largest absolute Gasteiger partial charge is 0.488 e. The van der Waals surface area contributed by atoms with Gasteiger partial charge in [-0.3, -0.25) is 4.79 Å². The summed E-state index contributed by atoms with van der Waals surface area (Å²) in [6, 6.07) is 16.8. The summed E-state index contributed by atoms with van der Waals surface area (Å²) in [4.78, 5) is 20.7. The molecule has 0 aliphatic heterocycles. The summed E-state index contributed by atoms with van der Waals surface area (Å²) in [7, 11) is 0. The van der Waals surface area contributed by atoms with Gasteiger partial charge >= 0.3 is 0 Å². The number of aromatic nitrogens is 2. The fraction of sp³-hybridized carbons (Fsp3) is 0.182. The highest BCUT2D eigenvalue weighted by Crippen LogP contribution is 2.18. The summed E-state index contributed by atoms with van der Waals surface area (Å²) in [6.45, 7) is 4.20. The van der Waals surface area contributed by atoms with Crippen molar-refractivity contribution in [2.75, 3.05) is 5.75 Å². The van der Waals surface area contributed by atoms with Gasteiger partial charge in [-0.2, -0.15) is 5.10 Å². The number of hydrogen-bond acceptors (Lipinski definition) is 6. The van der Waals surface area contributed by atoms with E-state index in [1.165, 1.54) is 11.8 Å². The van der Waals surface area contributed by atoms with Gasteiger partial charge in [-0.05, 0) is 49.7 Å². The molecule has 1 N–H and O–H groups in total. The zero-order valence-corrected chi connectivity index (χ0v) is 18.2. The third kappa shape index (κ3) is 6.86. The van der Waals surface area contributed by atoms with E-state index < -0.39 is 0 Å². The highest BCUT2D eigenvalue weighted by atomic mass is 35.5. The van der Waals surface area contributed by atoms with Crippen LogP contribution in [0.2, 0.25) is 5.02 Å². The van der Waals surface area contributed by atoms with Crippen molar-refractivity contribution >= 4 is 35.5 Å². The van der Waals surface area contributed by atoms with Crippen LogP contribution in [0.4, 0.5) is 0 Å². The van der Waals surface area contributed by atoms with Gasteiger partial charge in [0.1, 0.15) is 12.4 Å². The second-order valence-corrected chi connectivity index (χ2v) is 7.85. The lowest BCUT2D eigenvalue weighted by Gasteiger charge is -2.09. The molecule has 2 aromatic carbocycles. The quantitative estimate of drug-likeness (QED) is 0.240. The summed E-state index contributed by atoms with van der Waals surface area (Å²) in [5, 5.41) is 5.30. The van der Waals surface area contributed by atoms with Crippen LogP contribution in [0.15, 0.2) is 64.9 Å². The molecule has 0 fully saturated rings. The van der Waals surface area contributed by atoms with Gasteiger partial charge < -0.3 is 4.74 Å². The van der Waals surface area contributed by atoms with Crippen molar-refractivity contribution in [3.8, 4) is 5.75 Å². The molecule has 0 aliphatic carbocycles. The Morgan fingerprint density at radius 2 is 1.83 bits per heavy atom. The van der Waals surface area contributed by atoms with Crippen molar-refractivity contribution in [1.82, 2.24) is 15.4 Å². The molecule has 30 heavy (non-hydrogen) atoms. The maximum atomic E-state index is 12.1. The van der Waals surface area contributed by atoms with E-state index in [-0.39, 0.29) is 11.7 Å². The Bertz CT molecular complexity index is 1020. The van der Waals surface area contributed by atoms with E-state index in [2.05, 4.69) is 20.5 Å². The smallest absolute Gasteiger partial charge is 0.250 e. The average molecular weight is 441 g/mol. The number of hydrogen-bond donors (Lipinski definition) is 1. The van der Waals surface area contributed by atoms with Gasteiger partial charge in [-0.15, -0.1) is 0 Å². The molecule has 3 aromatic rings. The molecular formula is C22H21ClN4O2S. The maximum absolute atomic E-state index is 12.1. The third-order valence-corrected chi connectivity index (χ3v) is 5.01. The zero-order valence-electron chi connectivity index (χ0n) is 16.6. The second-order valence-electron chi connectivity index (χ2n) is 6.47. The average Bonchev–Trinajstić information content (AvgIpc) is 2.72. The Hall–Kier alpha value is -2.90. The molecule has 1 aromatic heterocycles. The molecule has 8 heteroatoms. The van der Waals surface area contributed by atoms with Crippen LogP contribution in [0.5, 0.6) is 5.75 Å². The molecule has 0 aliphatic rings. The fourth-order valence-corrected chi connectivity index (χ4v) is 3.42. The van der Waals surface area contributed by atoms with Gasteiger partial charge in [-0.1, -0.05) is 47.6 Å². The second kappa shape index (κ2) is 10.8. The predicted octanol–water partition coefficient (Wildman–Crippen LogP) is 4.57. The normalized spacial score (nSPS) is 10.9. The summed E-state index contributed by atoms with van der Waals surface area (Å²) >= 11 is 7.18. The molecule has 0 saturated carbocycles. The Morgan fingerprint density at radius 1 is 1.13 bits per heavy atom. The number of benzene rings is 2. The lowest BCUT2D eigenvalue weighted by molar-refractivity contribution is -0.118. The van der Waals surface area contributed by atoms with Crippen molar-refractivity contribution in [3.63, 3.8) is 0 Å². The van der Waals surface area contributed by atoms with E-state index in [0.717, 1.165) is 22.5 Å². The van der Waals surface area contributed by atoms with E-state index in [1.807, 2.05) is 68.4 Å². The van der Waals surface area contributed by atoms with Crippen molar-refractivity contribution < 1.29 is 9.53 Å². The third-order valence-electron chi connectivity index (χ3n) is 3.91. The fourth-order valence-electron chi connectivity index (χ4n) is 2.55. The SMILES string of the molecule is Cc1cc(C)nc(SCC(=O)N/N=C\c2ccccc2OCc2ccc(Cl)cc2)n1. The first-order valence-electron chi connectivity index (χ1n) is 9.23. The number of halogens is 1. The molecule has 6 nitrogen and oxygen atoms in total. The first-order valence-corrected chi connectivity index (χ1v) is 10.6. The molecule has 0 atom stereocenters. The van der Waals surface area contributed by atoms with Gasteiger partial charge in [0.15, 0.2) is 5.16 Å². The molecule has 1 heterocycles. The first-order chi connectivity index (χ1) is 14.5. The molecule has 0 bridgehead atoms. The van der Waals surface area contributed by atoms with Crippen LogP contribution in [0.25, 0.3) is 0 Å². The van der Waals surface area contributed by atoms with E-state index in [9.17, 15) is 4.79 Å². The van der Waals surface area contributed by atoms with E-state index in [4.69, 9.17) is 16.3 Å². The van der Waals surface area contributed by atoms with Gasteiger partial charge in [0.05, 0.1) is 12.0 Å². The van der Waals surface area contributed by atoms with Crippen molar-refractivity contribution in [3.05, 3.63) is 82.1 Å². The van der Waals surface area contributed by atoms with Crippen molar-refractivity contribution in [2.45, 2.75) is 25.6 Å². The summed E-state index contributed by atoms with van der Waals surface area (Å²) in [5.41, 5.74) is 6.04. The number of aryl methyl sites for hydroxylation is 2. The minimum atomic E-state index is -0.237. The number of rotatable bonds is 8. The molecular weight excluding hydrogens is 420 g/mol. The van der Waals surface area contributed by atoms with Gasteiger partial charge in [0, 0.05) is 22.0 Å². The van der Waals surface area contributed by atoms with Crippen LogP contribution in [0.1, 0.15) is 22.5 Å². The number of ether oxygens (including phenoxy) is 1. The Kier molecular flexibility index (Phi) is 7.82. The minimum Gasteiger partial charge on any atom is -0.488 e. The number of hydrazone groups is 1. The number of carbonyl (C=O) groups excluding carboxylic acids is 1. The number of amides is 1. The molecule has 1 amide bonds. The summed E-state index contributed by atoms with van der Waals surface area (Å²) in [5.74, 6) is 0.608. The molecule has 0 spiro atoms. The molecule has 154 valence electrons. The summed E-state index contributed by atoms with van der Waals surface area (Å²) < 4.78 is 5.88. The Morgan fingerprint density at radius 3 is 2.57 bits per heavy atom. The standard InChI is InChI=1S/C22H21ClN4O2S/c1-15-11-16(2)26-22(25-15)30-14-21(28)27-24-12-18-5-3-4-6-20(18)29-13-17-7-9-19(23)10-8-17/h3-12H,13-14H2,1-2H3,(H,27,28)/b24-12-. The Balaban J connectivity index is 1.52. The van der Waals surface area contributed by atoms with Crippen molar-refractivity contribution in [2.24, 2.45) is 5.10 Å². The maximum Gasteiger partial charge on any atom is 0.250 e. The number of nitrogens with zero attached hydrogens (tertiary/aromatic N) is 3. The van der Waals surface area contributed by atoms with Crippen LogP contribution in [-0.2, 0) is 11.4 Å².